The van der Waals surface area contributed by atoms with Crippen LogP contribution >= 0.6 is 0 Å². The largest absolute Gasteiger partial charge is 0.390 e. The fraction of sp³-hybridized carbons (Fsp3) is 1.00. The number of nitrogens with zero attached hydrogens (tertiary/aromatic N) is 1. The molecule has 3 rings (SSSR count). The van der Waals surface area contributed by atoms with Crippen LogP contribution in [0.4, 0.5) is 13.2 Å². The molecule has 0 bridgehead atoms. The minimum absolute atomic E-state index is 0.00788. The van der Waals surface area contributed by atoms with Crippen molar-refractivity contribution in [1.82, 2.24) is 10.2 Å². The molecule has 2 saturated carbocycles. The average molecular weight is 304 g/mol. The highest BCUT2D eigenvalue weighted by Crippen LogP contribution is 2.42. The van der Waals surface area contributed by atoms with Gasteiger partial charge in [0.2, 0.25) is 0 Å². The van der Waals surface area contributed by atoms with Gasteiger partial charge in [0.25, 0.3) is 0 Å². The van der Waals surface area contributed by atoms with Crippen molar-refractivity contribution in [3.8, 4) is 0 Å². The Morgan fingerprint density at radius 3 is 2.14 bits per heavy atom. The number of hydrogen-bond acceptors (Lipinski definition) is 2. The first kappa shape index (κ1) is 15.6. The lowest BCUT2D eigenvalue weighted by Crippen LogP contribution is -2.69. The van der Waals surface area contributed by atoms with Crippen molar-refractivity contribution in [2.45, 2.75) is 81.5 Å². The molecule has 0 atom stereocenters. The third-order valence-corrected chi connectivity index (χ3v) is 5.97. The van der Waals surface area contributed by atoms with E-state index in [1.54, 1.807) is 0 Å². The Morgan fingerprint density at radius 1 is 0.905 bits per heavy atom. The zero-order chi connectivity index (χ0) is 15.0. The molecular weight excluding hydrogens is 277 g/mol. The Bertz CT molecular complexity index is 355. The first-order valence-corrected chi connectivity index (χ1v) is 8.50. The molecule has 1 aliphatic heterocycles. The molecule has 122 valence electrons. The minimum atomic E-state index is -4.04. The number of nitrogens with one attached hydrogen (secondary N) is 1. The number of hydrogen-bond donors (Lipinski definition) is 1. The Labute approximate surface area is 125 Å². The van der Waals surface area contributed by atoms with E-state index in [2.05, 4.69) is 10.2 Å². The average Bonchev–Trinajstić information content (AvgIpc) is 2.90. The van der Waals surface area contributed by atoms with Crippen LogP contribution in [0.3, 0.4) is 0 Å². The maximum absolute atomic E-state index is 12.7. The molecule has 0 aromatic carbocycles. The van der Waals surface area contributed by atoms with Crippen LogP contribution < -0.4 is 5.32 Å². The van der Waals surface area contributed by atoms with Crippen molar-refractivity contribution in [2.24, 2.45) is 0 Å². The highest BCUT2D eigenvalue weighted by Gasteiger charge is 2.49. The molecule has 1 saturated heterocycles. The van der Waals surface area contributed by atoms with Gasteiger partial charge in [0, 0.05) is 30.7 Å². The van der Waals surface area contributed by atoms with E-state index >= 15 is 0 Å². The van der Waals surface area contributed by atoms with Gasteiger partial charge in [-0.05, 0) is 25.7 Å². The Balaban J connectivity index is 1.72. The topological polar surface area (TPSA) is 15.3 Å². The van der Waals surface area contributed by atoms with Crippen LogP contribution in [0, 0.1) is 0 Å². The summed E-state index contributed by atoms with van der Waals surface area (Å²) in [6, 6.07) is 0. The van der Waals surface area contributed by atoms with Gasteiger partial charge in [0.15, 0.2) is 0 Å². The number of rotatable bonds is 2. The van der Waals surface area contributed by atoms with Crippen molar-refractivity contribution >= 4 is 0 Å². The van der Waals surface area contributed by atoms with Crippen molar-refractivity contribution in [3.05, 3.63) is 0 Å². The van der Waals surface area contributed by atoms with E-state index in [9.17, 15) is 13.2 Å². The highest BCUT2D eigenvalue weighted by atomic mass is 19.4. The van der Waals surface area contributed by atoms with Gasteiger partial charge in [0.05, 0.1) is 6.42 Å². The molecule has 3 fully saturated rings. The summed E-state index contributed by atoms with van der Waals surface area (Å²) in [5.74, 6) is 0. The second kappa shape index (κ2) is 5.73. The lowest BCUT2D eigenvalue weighted by molar-refractivity contribution is -0.144. The van der Waals surface area contributed by atoms with E-state index < -0.39 is 12.6 Å². The summed E-state index contributed by atoms with van der Waals surface area (Å²) in [7, 11) is 0. The van der Waals surface area contributed by atoms with Gasteiger partial charge < -0.3 is 5.32 Å². The van der Waals surface area contributed by atoms with Gasteiger partial charge >= 0.3 is 6.18 Å². The predicted molar refractivity (Wildman–Crippen MR) is 77.3 cm³/mol. The van der Waals surface area contributed by atoms with Crippen LogP contribution in [0.1, 0.15) is 64.2 Å². The van der Waals surface area contributed by atoms with E-state index in [1.807, 2.05) is 0 Å². The van der Waals surface area contributed by atoms with Crippen molar-refractivity contribution in [2.75, 3.05) is 19.6 Å². The standard InChI is InChI=1S/C16H27F3N2/c17-16(18,19)10-11-21-13-14(6-2-1-3-7-14)20-12-15(21)8-4-5-9-15/h20H,1-13H2. The van der Waals surface area contributed by atoms with E-state index in [-0.39, 0.29) is 17.6 Å². The van der Waals surface area contributed by atoms with Gasteiger partial charge in [-0.2, -0.15) is 13.2 Å². The lowest BCUT2D eigenvalue weighted by Gasteiger charge is -2.55. The van der Waals surface area contributed by atoms with Gasteiger partial charge in [-0.1, -0.05) is 32.1 Å². The maximum Gasteiger partial charge on any atom is 0.390 e. The first-order valence-electron chi connectivity index (χ1n) is 8.50. The van der Waals surface area contributed by atoms with Crippen LogP contribution in [-0.4, -0.2) is 41.8 Å². The van der Waals surface area contributed by atoms with Gasteiger partial charge in [-0.3, -0.25) is 4.90 Å². The van der Waals surface area contributed by atoms with Crippen LogP contribution in [0.25, 0.3) is 0 Å². The highest BCUT2D eigenvalue weighted by molar-refractivity contribution is 5.07. The second-order valence-corrected chi connectivity index (χ2v) is 7.41. The summed E-state index contributed by atoms with van der Waals surface area (Å²) >= 11 is 0. The van der Waals surface area contributed by atoms with Gasteiger partial charge in [-0.25, -0.2) is 0 Å². The molecule has 5 heteroatoms. The first-order chi connectivity index (χ1) is 9.93. The quantitative estimate of drug-likeness (QED) is 0.833. The van der Waals surface area contributed by atoms with Gasteiger partial charge in [-0.15, -0.1) is 0 Å². The molecule has 3 aliphatic rings. The monoisotopic (exact) mass is 304 g/mol. The Kier molecular flexibility index (Phi) is 4.25. The molecule has 0 radical (unpaired) electrons. The number of alkyl halides is 3. The summed E-state index contributed by atoms with van der Waals surface area (Å²) in [6.07, 6.45) is 5.72. The van der Waals surface area contributed by atoms with E-state index in [1.165, 1.54) is 19.3 Å². The number of halogens is 3. The molecule has 21 heavy (non-hydrogen) atoms. The fourth-order valence-corrected chi connectivity index (χ4v) is 4.72. The molecule has 0 amide bonds. The smallest absolute Gasteiger partial charge is 0.308 e. The van der Waals surface area contributed by atoms with E-state index in [4.69, 9.17) is 0 Å². The molecule has 0 unspecified atom stereocenters. The summed E-state index contributed by atoms with van der Waals surface area (Å²) in [4.78, 5) is 2.22. The molecule has 1 N–H and O–H groups in total. The summed E-state index contributed by atoms with van der Waals surface area (Å²) in [5.41, 5.74) is 0.103. The van der Waals surface area contributed by atoms with Crippen LogP contribution in [0.15, 0.2) is 0 Å². The molecule has 2 spiro atoms. The zero-order valence-corrected chi connectivity index (χ0v) is 12.8. The zero-order valence-electron chi connectivity index (χ0n) is 12.8. The van der Waals surface area contributed by atoms with Crippen molar-refractivity contribution in [3.63, 3.8) is 0 Å². The van der Waals surface area contributed by atoms with Crippen molar-refractivity contribution < 1.29 is 13.2 Å². The Hall–Kier alpha value is -0.290. The van der Waals surface area contributed by atoms with Crippen molar-refractivity contribution in [1.29, 1.82) is 0 Å². The third-order valence-electron chi connectivity index (χ3n) is 5.97. The normalized spacial score (nSPS) is 29.3. The SMILES string of the molecule is FC(F)(F)CCN1CC2(CCCCC2)NCC12CCCC2. The molecule has 0 aromatic heterocycles. The number of piperazine rings is 1. The fourth-order valence-electron chi connectivity index (χ4n) is 4.72. The summed E-state index contributed by atoms with van der Waals surface area (Å²) in [5, 5.41) is 3.77. The van der Waals surface area contributed by atoms with Crippen LogP contribution in [-0.2, 0) is 0 Å². The molecule has 1 heterocycles. The third kappa shape index (κ3) is 3.39. The van der Waals surface area contributed by atoms with E-state index in [0.29, 0.717) is 0 Å². The summed E-state index contributed by atoms with van der Waals surface area (Å²) in [6.45, 7) is 1.90. The Morgan fingerprint density at radius 2 is 1.52 bits per heavy atom. The lowest BCUT2D eigenvalue weighted by atomic mass is 9.76. The predicted octanol–water partition coefficient (Wildman–Crippen LogP) is 3.86. The molecular formula is C16H27F3N2. The summed E-state index contributed by atoms with van der Waals surface area (Å²) < 4.78 is 38.0. The molecule has 0 aromatic rings. The van der Waals surface area contributed by atoms with Crippen LogP contribution in [0.2, 0.25) is 0 Å². The van der Waals surface area contributed by atoms with E-state index in [0.717, 1.165) is 51.6 Å². The maximum atomic E-state index is 12.7. The van der Waals surface area contributed by atoms with Gasteiger partial charge in [0.1, 0.15) is 0 Å². The minimum Gasteiger partial charge on any atom is -0.308 e. The second-order valence-electron chi connectivity index (χ2n) is 7.41. The van der Waals surface area contributed by atoms with Crippen LogP contribution in [0.5, 0.6) is 0 Å². The molecule has 2 aliphatic carbocycles. The molecule has 2 nitrogen and oxygen atoms in total.